The second-order valence-electron chi connectivity index (χ2n) is 6.80. The third kappa shape index (κ3) is 4.16. The highest BCUT2D eigenvalue weighted by atomic mass is 16.5. The fourth-order valence-corrected chi connectivity index (χ4v) is 3.41. The third-order valence-corrected chi connectivity index (χ3v) is 4.81. The fraction of sp³-hybridized carbons (Fsp3) is 0.160. The van der Waals surface area contributed by atoms with E-state index in [1.54, 1.807) is 37.3 Å². The van der Waals surface area contributed by atoms with Crippen LogP contribution in [-0.2, 0) is 4.74 Å². The fourth-order valence-electron chi connectivity index (χ4n) is 3.41. The second-order valence-corrected chi connectivity index (χ2v) is 6.80. The van der Waals surface area contributed by atoms with E-state index < -0.39 is 0 Å². The van der Waals surface area contributed by atoms with Gasteiger partial charge in [0.2, 0.25) is 0 Å². The number of carbonyl (C=O) groups is 1. The number of esters is 1. The van der Waals surface area contributed by atoms with Gasteiger partial charge in [-0.15, -0.1) is 0 Å². The molecule has 0 unspecified atom stereocenters. The molecule has 0 aliphatic rings. The van der Waals surface area contributed by atoms with Crippen molar-refractivity contribution in [2.75, 3.05) is 6.61 Å². The highest BCUT2D eigenvalue weighted by molar-refractivity contribution is 5.91. The molecule has 30 heavy (non-hydrogen) atoms. The quantitative estimate of drug-likeness (QED) is 0.439. The smallest absolute Gasteiger partial charge is 0.338 e. The van der Waals surface area contributed by atoms with Crippen LogP contribution in [-0.4, -0.2) is 17.1 Å². The Bertz CT molecular complexity index is 1220. The maximum atomic E-state index is 12.1. The molecule has 0 atom stereocenters. The van der Waals surface area contributed by atoms with Crippen molar-refractivity contribution in [1.29, 1.82) is 10.5 Å². The average molecular weight is 395 g/mol. The molecule has 0 bridgehead atoms. The molecule has 0 amide bonds. The predicted octanol–water partition coefficient (Wildman–Crippen LogP) is 5.21. The molecule has 1 aromatic heterocycles. The van der Waals surface area contributed by atoms with Gasteiger partial charge in [-0.25, -0.2) is 4.79 Å². The van der Waals surface area contributed by atoms with Crippen molar-refractivity contribution in [3.05, 3.63) is 88.2 Å². The topological polar surface area (TPSA) is 78.8 Å². The molecule has 0 aliphatic heterocycles. The highest BCUT2D eigenvalue weighted by Gasteiger charge is 2.13. The molecule has 3 aromatic rings. The van der Waals surface area contributed by atoms with Crippen LogP contribution in [0.4, 0.5) is 0 Å². The summed E-state index contributed by atoms with van der Waals surface area (Å²) in [7, 11) is 0. The summed E-state index contributed by atoms with van der Waals surface area (Å²) in [4.78, 5) is 12.1. The number of aryl methyl sites for hydroxylation is 1. The van der Waals surface area contributed by atoms with Gasteiger partial charge in [0.1, 0.15) is 0 Å². The molecule has 3 rings (SSSR count). The van der Waals surface area contributed by atoms with Crippen molar-refractivity contribution in [2.24, 2.45) is 0 Å². The summed E-state index contributed by atoms with van der Waals surface area (Å²) in [5.74, 6) is -0.355. The molecule has 0 fully saturated rings. The number of carbonyl (C=O) groups excluding carboxylic acids is 1. The van der Waals surface area contributed by atoms with Crippen LogP contribution in [0.2, 0.25) is 0 Å². The summed E-state index contributed by atoms with van der Waals surface area (Å²) < 4.78 is 7.14. The number of nitrogens with zero attached hydrogens (tertiary/aromatic N) is 3. The Balaban J connectivity index is 2.05. The van der Waals surface area contributed by atoms with E-state index in [9.17, 15) is 10.1 Å². The number of rotatable bonds is 5. The van der Waals surface area contributed by atoms with E-state index >= 15 is 0 Å². The standard InChI is InChI=1S/C25H21N3O2/c1-4-30-25(29)21-9-6-10-24(14-21)28-17(2)11-22(18(28)3)13-23(16-27)20-8-5-7-19(12-20)15-26/h5-14H,4H2,1-3H3/b23-13-. The summed E-state index contributed by atoms with van der Waals surface area (Å²) in [6.45, 7) is 6.05. The second kappa shape index (κ2) is 8.94. The van der Waals surface area contributed by atoms with Gasteiger partial charge in [0.25, 0.3) is 0 Å². The molecule has 0 saturated carbocycles. The van der Waals surface area contributed by atoms with E-state index in [-0.39, 0.29) is 5.97 Å². The Labute approximate surface area is 176 Å². The zero-order chi connectivity index (χ0) is 21.7. The van der Waals surface area contributed by atoms with Gasteiger partial charge in [-0.05, 0) is 74.4 Å². The van der Waals surface area contributed by atoms with Gasteiger partial charge in [-0.2, -0.15) is 10.5 Å². The van der Waals surface area contributed by atoms with Crippen LogP contribution in [0.3, 0.4) is 0 Å². The zero-order valence-corrected chi connectivity index (χ0v) is 17.1. The van der Waals surface area contributed by atoms with Crippen molar-refractivity contribution < 1.29 is 9.53 Å². The van der Waals surface area contributed by atoms with E-state index in [1.165, 1.54) is 0 Å². The molecule has 0 saturated heterocycles. The van der Waals surface area contributed by atoms with Gasteiger partial charge in [0.05, 0.1) is 35.4 Å². The third-order valence-electron chi connectivity index (χ3n) is 4.81. The molecule has 1 heterocycles. The number of aromatic nitrogens is 1. The summed E-state index contributed by atoms with van der Waals surface area (Å²) in [6, 6.07) is 20.6. The van der Waals surface area contributed by atoms with E-state index in [4.69, 9.17) is 10.00 Å². The summed E-state index contributed by atoms with van der Waals surface area (Å²) >= 11 is 0. The number of benzene rings is 2. The average Bonchev–Trinajstić information content (AvgIpc) is 3.05. The van der Waals surface area contributed by atoms with Crippen molar-refractivity contribution >= 4 is 17.6 Å². The van der Waals surface area contributed by atoms with Gasteiger partial charge in [0, 0.05) is 17.1 Å². The minimum absolute atomic E-state index is 0.323. The number of ether oxygens (including phenoxy) is 1. The SMILES string of the molecule is CCOC(=O)c1cccc(-n2c(C)cc(/C=C(/C#N)c3cccc(C#N)c3)c2C)c1. The Morgan fingerprint density at radius 3 is 2.50 bits per heavy atom. The number of hydrogen-bond acceptors (Lipinski definition) is 4. The molecular weight excluding hydrogens is 374 g/mol. The molecule has 5 heteroatoms. The van der Waals surface area contributed by atoms with Crippen LogP contribution in [0.15, 0.2) is 54.6 Å². The molecule has 0 spiro atoms. The Hall–Kier alpha value is -4.09. The van der Waals surface area contributed by atoms with E-state index in [0.29, 0.717) is 28.9 Å². The van der Waals surface area contributed by atoms with E-state index in [0.717, 1.165) is 22.6 Å². The predicted molar refractivity (Wildman–Crippen MR) is 116 cm³/mol. The van der Waals surface area contributed by atoms with Gasteiger partial charge >= 0.3 is 5.97 Å². The van der Waals surface area contributed by atoms with E-state index in [1.807, 2.05) is 48.8 Å². The van der Waals surface area contributed by atoms with Crippen molar-refractivity contribution in [1.82, 2.24) is 4.57 Å². The normalized spacial score (nSPS) is 10.9. The van der Waals surface area contributed by atoms with Crippen molar-refractivity contribution in [2.45, 2.75) is 20.8 Å². The first kappa shape index (κ1) is 20.6. The monoisotopic (exact) mass is 395 g/mol. The van der Waals surface area contributed by atoms with Gasteiger partial charge in [-0.1, -0.05) is 18.2 Å². The van der Waals surface area contributed by atoms with Gasteiger partial charge in [-0.3, -0.25) is 0 Å². The Kier molecular flexibility index (Phi) is 6.15. The lowest BCUT2D eigenvalue weighted by molar-refractivity contribution is 0.0526. The first-order valence-electron chi connectivity index (χ1n) is 9.57. The van der Waals surface area contributed by atoms with Gasteiger partial charge < -0.3 is 9.30 Å². The lowest BCUT2D eigenvalue weighted by atomic mass is 10.0. The van der Waals surface area contributed by atoms with Crippen LogP contribution >= 0.6 is 0 Å². The lowest BCUT2D eigenvalue weighted by Crippen LogP contribution is -2.06. The summed E-state index contributed by atoms with van der Waals surface area (Å²) in [6.07, 6.45) is 1.82. The van der Waals surface area contributed by atoms with Crippen molar-refractivity contribution in [3.63, 3.8) is 0 Å². The number of allylic oxidation sites excluding steroid dienone is 1. The Morgan fingerprint density at radius 1 is 1.07 bits per heavy atom. The molecule has 0 aliphatic carbocycles. The zero-order valence-electron chi connectivity index (χ0n) is 17.1. The van der Waals surface area contributed by atoms with Gasteiger partial charge in [0.15, 0.2) is 0 Å². The molecule has 0 N–H and O–H groups in total. The minimum Gasteiger partial charge on any atom is -0.462 e. The minimum atomic E-state index is -0.355. The molecule has 5 nitrogen and oxygen atoms in total. The van der Waals surface area contributed by atoms with Crippen molar-refractivity contribution in [3.8, 4) is 17.8 Å². The molecule has 2 aromatic carbocycles. The first-order valence-corrected chi connectivity index (χ1v) is 9.57. The highest BCUT2D eigenvalue weighted by Crippen LogP contribution is 2.26. The summed E-state index contributed by atoms with van der Waals surface area (Å²) in [5.41, 5.74) is 5.84. The Morgan fingerprint density at radius 2 is 1.80 bits per heavy atom. The maximum Gasteiger partial charge on any atom is 0.338 e. The van der Waals surface area contributed by atoms with Crippen LogP contribution in [0.25, 0.3) is 17.3 Å². The number of hydrogen-bond donors (Lipinski definition) is 0. The van der Waals surface area contributed by atoms with Crippen LogP contribution in [0, 0.1) is 36.5 Å². The molecular formula is C25H21N3O2. The summed E-state index contributed by atoms with van der Waals surface area (Å²) in [5, 5.41) is 18.8. The largest absolute Gasteiger partial charge is 0.462 e. The van der Waals surface area contributed by atoms with Crippen LogP contribution < -0.4 is 0 Å². The first-order chi connectivity index (χ1) is 14.5. The number of nitriles is 2. The lowest BCUT2D eigenvalue weighted by Gasteiger charge is -2.11. The molecule has 0 radical (unpaired) electrons. The van der Waals surface area contributed by atoms with E-state index in [2.05, 4.69) is 12.1 Å². The maximum absolute atomic E-state index is 12.1. The van der Waals surface area contributed by atoms with Crippen LogP contribution in [0.1, 0.15) is 45.4 Å². The van der Waals surface area contributed by atoms with Crippen LogP contribution in [0.5, 0.6) is 0 Å². The molecule has 148 valence electrons.